The molecule has 0 spiro atoms. The van der Waals surface area contributed by atoms with Gasteiger partial charge in [-0.25, -0.2) is 4.39 Å². The normalized spacial score (nSPS) is 20.1. The van der Waals surface area contributed by atoms with Crippen LogP contribution in [0.4, 0.5) is 4.39 Å². The van der Waals surface area contributed by atoms with Crippen LogP contribution in [0.2, 0.25) is 0 Å². The van der Waals surface area contributed by atoms with Crippen LogP contribution in [0.3, 0.4) is 0 Å². The topological polar surface area (TPSA) is 21.8 Å². The zero-order valence-electron chi connectivity index (χ0n) is 7.01. The predicted octanol–water partition coefficient (Wildman–Crippen LogP) is 2.67. The van der Waals surface area contributed by atoms with Gasteiger partial charge < -0.3 is 9.47 Å². The van der Waals surface area contributed by atoms with Gasteiger partial charge in [0.1, 0.15) is 17.7 Å². The van der Waals surface area contributed by atoms with Gasteiger partial charge in [0.25, 0.3) is 0 Å². The third kappa shape index (κ3) is 1.69. The first kappa shape index (κ1) is 8.97. The first-order valence-corrected chi connectivity index (χ1v) is 4.66. The van der Waals surface area contributed by atoms with Gasteiger partial charge in [0.2, 0.25) is 0 Å². The molecule has 4 heteroatoms. The van der Waals surface area contributed by atoms with Crippen molar-refractivity contribution < 1.29 is 13.9 Å². The quantitative estimate of drug-likeness (QED) is 0.749. The SMILES string of the molecule is COc1cc(Br)cc(F)c1[C@@H]1CO1. The molecule has 1 aliphatic rings. The van der Waals surface area contributed by atoms with E-state index in [-0.39, 0.29) is 11.9 Å². The first-order chi connectivity index (χ1) is 6.22. The highest BCUT2D eigenvalue weighted by Crippen LogP contribution is 2.39. The third-order valence-corrected chi connectivity index (χ3v) is 2.39. The zero-order chi connectivity index (χ0) is 9.42. The van der Waals surface area contributed by atoms with Crippen molar-refractivity contribution in [2.24, 2.45) is 0 Å². The van der Waals surface area contributed by atoms with Crippen LogP contribution in [0, 0.1) is 5.82 Å². The van der Waals surface area contributed by atoms with E-state index in [0.717, 1.165) is 0 Å². The maximum absolute atomic E-state index is 13.4. The summed E-state index contributed by atoms with van der Waals surface area (Å²) < 4.78 is 24.2. The average Bonchev–Trinajstić information content (AvgIpc) is 2.86. The number of methoxy groups -OCH3 is 1. The number of benzene rings is 1. The summed E-state index contributed by atoms with van der Waals surface area (Å²) >= 11 is 3.20. The van der Waals surface area contributed by atoms with Crippen molar-refractivity contribution in [1.29, 1.82) is 0 Å². The summed E-state index contributed by atoms with van der Waals surface area (Å²) in [4.78, 5) is 0. The molecule has 1 atom stereocenters. The monoisotopic (exact) mass is 246 g/mol. The van der Waals surface area contributed by atoms with Gasteiger partial charge in [-0.1, -0.05) is 15.9 Å². The molecule has 70 valence electrons. The van der Waals surface area contributed by atoms with Crippen molar-refractivity contribution in [2.75, 3.05) is 13.7 Å². The number of hydrogen-bond donors (Lipinski definition) is 0. The fourth-order valence-corrected chi connectivity index (χ4v) is 1.67. The molecular weight excluding hydrogens is 239 g/mol. The summed E-state index contributed by atoms with van der Waals surface area (Å²) in [5.41, 5.74) is 0.519. The molecule has 0 N–H and O–H groups in total. The molecule has 2 rings (SSSR count). The van der Waals surface area contributed by atoms with Crippen molar-refractivity contribution >= 4 is 15.9 Å². The number of rotatable bonds is 2. The van der Waals surface area contributed by atoms with E-state index in [1.54, 1.807) is 6.07 Å². The highest BCUT2D eigenvalue weighted by molar-refractivity contribution is 9.10. The standard InChI is InChI=1S/C9H8BrFO2/c1-12-7-3-5(10)2-6(11)9(7)8-4-13-8/h2-3,8H,4H2,1H3/t8-/m0/s1. The molecule has 1 fully saturated rings. The maximum Gasteiger partial charge on any atom is 0.133 e. The second-order valence-electron chi connectivity index (χ2n) is 2.83. The Bertz CT molecular complexity index is 337. The van der Waals surface area contributed by atoms with E-state index < -0.39 is 0 Å². The molecule has 0 saturated carbocycles. The van der Waals surface area contributed by atoms with Gasteiger partial charge in [0.15, 0.2) is 0 Å². The highest BCUT2D eigenvalue weighted by Gasteiger charge is 2.31. The molecule has 13 heavy (non-hydrogen) atoms. The fraction of sp³-hybridized carbons (Fsp3) is 0.333. The lowest BCUT2D eigenvalue weighted by Gasteiger charge is -2.07. The molecule has 0 aliphatic carbocycles. The minimum atomic E-state index is -0.284. The Morgan fingerprint density at radius 1 is 1.62 bits per heavy atom. The highest BCUT2D eigenvalue weighted by atomic mass is 79.9. The summed E-state index contributed by atoms with van der Waals surface area (Å²) in [6, 6.07) is 3.15. The molecule has 2 nitrogen and oxygen atoms in total. The van der Waals surface area contributed by atoms with Crippen LogP contribution in [0.1, 0.15) is 11.7 Å². The largest absolute Gasteiger partial charge is 0.496 e. The molecule has 0 aromatic heterocycles. The summed E-state index contributed by atoms with van der Waals surface area (Å²) in [6.07, 6.45) is -0.122. The minimum Gasteiger partial charge on any atom is -0.496 e. The zero-order valence-corrected chi connectivity index (χ0v) is 8.60. The summed E-state index contributed by atoms with van der Waals surface area (Å²) in [6.45, 7) is 0.578. The Morgan fingerprint density at radius 2 is 2.31 bits per heavy atom. The van der Waals surface area contributed by atoms with Crippen LogP contribution < -0.4 is 4.74 Å². The second kappa shape index (κ2) is 3.27. The van der Waals surface area contributed by atoms with Gasteiger partial charge >= 0.3 is 0 Å². The lowest BCUT2D eigenvalue weighted by atomic mass is 10.1. The average molecular weight is 247 g/mol. The van der Waals surface area contributed by atoms with Gasteiger partial charge in [0.05, 0.1) is 19.3 Å². The van der Waals surface area contributed by atoms with E-state index in [2.05, 4.69) is 15.9 Å². The van der Waals surface area contributed by atoms with E-state index in [0.29, 0.717) is 22.4 Å². The third-order valence-electron chi connectivity index (χ3n) is 1.93. The van der Waals surface area contributed by atoms with Crippen molar-refractivity contribution in [3.8, 4) is 5.75 Å². The van der Waals surface area contributed by atoms with Gasteiger partial charge in [-0.05, 0) is 12.1 Å². The van der Waals surface area contributed by atoms with E-state index in [1.165, 1.54) is 13.2 Å². The van der Waals surface area contributed by atoms with Crippen LogP contribution in [0.15, 0.2) is 16.6 Å². The smallest absolute Gasteiger partial charge is 0.133 e. The van der Waals surface area contributed by atoms with Crippen LogP contribution in [0.25, 0.3) is 0 Å². The Morgan fingerprint density at radius 3 is 2.85 bits per heavy atom. The van der Waals surface area contributed by atoms with Gasteiger partial charge in [-0.2, -0.15) is 0 Å². The van der Waals surface area contributed by atoms with Crippen molar-refractivity contribution in [2.45, 2.75) is 6.10 Å². The van der Waals surface area contributed by atoms with E-state index in [1.807, 2.05) is 0 Å². The lowest BCUT2D eigenvalue weighted by molar-refractivity contribution is 0.374. The van der Waals surface area contributed by atoms with Crippen molar-refractivity contribution in [3.63, 3.8) is 0 Å². The van der Waals surface area contributed by atoms with E-state index in [4.69, 9.17) is 9.47 Å². The van der Waals surface area contributed by atoms with Gasteiger partial charge in [0, 0.05) is 4.47 Å². The Hall–Kier alpha value is -0.610. The second-order valence-corrected chi connectivity index (χ2v) is 3.74. The molecule has 1 aliphatic heterocycles. The van der Waals surface area contributed by atoms with Crippen LogP contribution in [0.5, 0.6) is 5.75 Å². The maximum atomic E-state index is 13.4. The predicted molar refractivity (Wildman–Crippen MR) is 49.3 cm³/mol. The molecule has 1 heterocycles. The van der Waals surface area contributed by atoms with E-state index in [9.17, 15) is 4.39 Å². The Balaban J connectivity index is 2.50. The molecule has 1 saturated heterocycles. The van der Waals surface area contributed by atoms with Gasteiger partial charge in [-0.3, -0.25) is 0 Å². The van der Waals surface area contributed by atoms with Crippen LogP contribution in [-0.4, -0.2) is 13.7 Å². The molecule has 1 aromatic rings. The summed E-state index contributed by atoms with van der Waals surface area (Å²) in [5, 5.41) is 0. The number of hydrogen-bond acceptors (Lipinski definition) is 2. The number of ether oxygens (including phenoxy) is 2. The lowest BCUT2D eigenvalue weighted by Crippen LogP contribution is -1.95. The summed E-state index contributed by atoms with van der Waals surface area (Å²) in [5.74, 6) is 0.253. The Kier molecular flexibility index (Phi) is 2.26. The fourth-order valence-electron chi connectivity index (χ4n) is 1.26. The molecular formula is C9H8BrFO2. The minimum absolute atomic E-state index is 0.122. The first-order valence-electron chi connectivity index (χ1n) is 3.87. The molecule has 0 bridgehead atoms. The summed E-state index contributed by atoms with van der Waals surface area (Å²) in [7, 11) is 1.52. The van der Waals surface area contributed by atoms with Crippen LogP contribution >= 0.6 is 15.9 Å². The molecule has 0 radical (unpaired) electrons. The van der Waals surface area contributed by atoms with E-state index >= 15 is 0 Å². The molecule has 0 unspecified atom stereocenters. The number of epoxide rings is 1. The van der Waals surface area contributed by atoms with Crippen molar-refractivity contribution in [1.82, 2.24) is 0 Å². The van der Waals surface area contributed by atoms with Crippen LogP contribution in [-0.2, 0) is 4.74 Å². The molecule has 0 amide bonds. The van der Waals surface area contributed by atoms with Crippen molar-refractivity contribution in [3.05, 3.63) is 28.0 Å². The number of halogens is 2. The van der Waals surface area contributed by atoms with Gasteiger partial charge in [-0.15, -0.1) is 0 Å². The Labute approximate surface area is 83.8 Å². The molecule has 1 aromatic carbocycles.